The topological polar surface area (TPSA) is 103 Å². The van der Waals surface area contributed by atoms with Crippen LogP contribution in [0.2, 0.25) is 0 Å². The van der Waals surface area contributed by atoms with E-state index < -0.39 is 0 Å². The molecular weight excluding hydrogens is 454 g/mol. The Labute approximate surface area is 215 Å². The molecule has 2 aromatic rings. The van der Waals surface area contributed by atoms with Crippen LogP contribution < -0.4 is 15.4 Å². The minimum absolute atomic E-state index is 0.0407. The molecule has 0 radical (unpaired) electrons. The van der Waals surface area contributed by atoms with Gasteiger partial charge in [-0.2, -0.15) is 0 Å². The molecule has 7 nitrogen and oxygen atoms in total. The fourth-order valence-electron chi connectivity index (χ4n) is 4.47. The lowest BCUT2D eigenvalue weighted by molar-refractivity contribution is 0.0949. The SMILES string of the molecule is Cc1cc(O)cc(O)c1C(=O)NCCCCCCCCCCCCOc1ccc(C2=NCCN2)cc1. The molecule has 0 saturated heterocycles. The van der Waals surface area contributed by atoms with E-state index in [0.717, 1.165) is 56.1 Å². The van der Waals surface area contributed by atoms with Gasteiger partial charge in [0.2, 0.25) is 0 Å². The first-order valence-electron chi connectivity index (χ1n) is 13.4. The molecule has 0 bridgehead atoms. The highest BCUT2D eigenvalue weighted by molar-refractivity contribution is 6.00. The average Bonchev–Trinajstić information content (AvgIpc) is 3.39. The zero-order chi connectivity index (χ0) is 25.6. The van der Waals surface area contributed by atoms with Crippen LogP contribution in [0.4, 0.5) is 0 Å². The predicted octanol–water partition coefficient (Wildman–Crippen LogP) is 5.47. The number of unbranched alkanes of at least 4 members (excludes halogenated alkanes) is 9. The zero-order valence-electron chi connectivity index (χ0n) is 21.5. The lowest BCUT2D eigenvalue weighted by Crippen LogP contribution is -2.25. The number of hydrogen-bond donors (Lipinski definition) is 4. The highest BCUT2D eigenvalue weighted by Gasteiger charge is 2.15. The number of nitrogens with zero attached hydrogens (tertiary/aromatic N) is 1. The first kappa shape index (κ1) is 27.4. The molecule has 196 valence electrons. The third-order valence-electron chi connectivity index (χ3n) is 6.45. The number of hydrogen-bond acceptors (Lipinski definition) is 6. The molecule has 0 atom stereocenters. The van der Waals surface area contributed by atoms with E-state index in [1.807, 2.05) is 12.1 Å². The van der Waals surface area contributed by atoms with Gasteiger partial charge in [-0.05, 0) is 55.7 Å². The van der Waals surface area contributed by atoms with E-state index in [1.165, 1.54) is 57.1 Å². The van der Waals surface area contributed by atoms with Crippen LogP contribution in [0.25, 0.3) is 0 Å². The summed E-state index contributed by atoms with van der Waals surface area (Å²) in [6, 6.07) is 10.8. The summed E-state index contributed by atoms with van der Waals surface area (Å²) in [5.41, 5.74) is 1.92. The summed E-state index contributed by atoms with van der Waals surface area (Å²) in [5.74, 6) is 1.39. The number of phenols is 2. The number of amidine groups is 1. The number of carbonyl (C=O) groups is 1. The maximum absolute atomic E-state index is 12.3. The lowest BCUT2D eigenvalue weighted by Gasteiger charge is -2.10. The molecule has 36 heavy (non-hydrogen) atoms. The van der Waals surface area contributed by atoms with Gasteiger partial charge in [0, 0.05) is 24.7 Å². The van der Waals surface area contributed by atoms with Crippen molar-refractivity contribution in [2.75, 3.05) is 26.2 Å². The number of ether oxygens (including phenoxy) is 1. The number of aromatic hydroxyl groups is 2. The highest BCUT2D eigenvalue weighted by atomic mass is 16.5. The Morgan fingerprint density at radius 3 is 2.19 bits per heavy atom. The van der Waals surface area contributed by atoms with Gasteiger partial charge in [-0.1, -0.05) is 51.4 Å². The minimum Gasteiger partial charge on any atom is -0.508 e. The maximum atomic E-state index is 12.3. The molecule has 3 rings (SSSR count). The summed E-state index contributed by atoms with van der Waals surface area (Å²) >= 11 is 0. The second-order valence-electron chi connectivity index (χ2n) is 9.48. The fourth-order valence-corrected chi connectivity index (χ4v) is 4.47. The molecule has 1 aliphatic heterocycles. The largest absolute Gasteiger partial charge is 0.508 e. The molecule has 0 aromatic heterocycles. The summed E-state index contributed by atoms with van der Waals surface area (Å²) in [6.45, 7) is 4.84. The second kappa shape index (κ2) is 15.0. The molecule has 2 aromatic carbocycles. The van der Waals surface area contributed by atoms with Gasteiger partial charge in [0.1, 0.15) is 23.1 Å². The van der Waals surface area contributed by atoms with Gasteiger partial charge in [-0.25, -0.2) is 0 Å². The van der Waals surface area contributed by atoms with Crippen molar-refractivity contribution in [3.63, 3.8) is 0 Å². The van der Waals surface area contributed by atoms with Gasteiger partial charge in [-0.15, -0.1) is 0 Å². The van der Waals surface area contributed by atoms with E-state index in [2.05, 4.69) is 27.8 Å². The number of nitrogens with one attached hydrogen (secondary N) is 2. The first-order valence-corrected chi connectivity index (χ1v) is 13.4. The number of aryl methyl sites for hydroxylation is 1. The number of benzene rings is 2. The summed E-state index contributed by atoms with van der Waals surface area (Å²) < 4.78 is 5.86. The Morgan fingerprint density at radius 1 is 0.944 bits per heavy atom. The number of carbonyl (C=O) groups excluding carboxylic acids is 1. The van der Waals surface area contributed by atoms with E-state index in [0.29, 0.717) is 12.1 Å². The summed E-state index contributed by atoms with van der Waals surface area (Å²) in [7, 11) is 0. The molecule has 4 N–H and O–H groups in total. The van der Waals surface area contributed by atoms with Crippen LogP contribution in [0.3, 0.4) is 0 Å². The van der Waals surface area contributed by atoms with Crippen LogP contribution >= 0.6 is 0 Å². The standard InChI is InChI=1S/C29H41N3O4/c1-22-20-24(33)21-26(34)27(22)29(35)32-16-10-8-6-4-2-3-5-7-9-11-19-36-25-14-12-23(13-15-25)28-30-17-18-31-28/h12-15,20-21,33-34H,2-11,16-19H2,1H3,(H,30,31)(H,32,35). The minimum atomic E-state index is -0.291. The smallest absolute Gasteiger partial charge is 0.255 e. The Hall–Kier alpha value is -3.22. The quantitative estimate of drug-likeness (QED) is 0.231. The summed E-state index contributed by atoms with van der Waals surface area (Å²) in [6.07, 6.45) is 11.8. The van der Waals surface area contributed by atoms with Crippen LogP contribution in [0.5, 0.6) is 17.2 Å². The average molecular weight is 496 g/mol. The van der Waals surface area contributed by atoms with Crippen molar-refractivity contribution >= 4 is 11.7 Å². The van der Waals surface area contributed by atoms with Gasteiger partial charge in [0.15, 0.2) is 0 Å². The van der Waals surface area contributed by atoms with Crippen molar-refractivity contribution < 1.29 is 19.7 Å². The van der Waals surface area contributed by atoms with Crippen molar-refractivity contribution in [3.8, 4) is 17.2 Å². The molecule has 0 aliphatic carbocycles. The Kier molecular flexibility index (Phi) is 11.4. The van der Waals surface area contributed by atoms with Crippen LogP contribution in [-0.4, -0.2) is 48.2 Å². The number of amides is 1. The third kappa shape index (κ3) is 9.10. The molecule has 1 aliphatic rings. The summed E-state index contributed by atoms with van der Waals surface area (Å²) in [4.78, 5) is 16.7. The third-order valence-corrected chi connectivity index (χ3v) is 6.45. The van der Waals surface area contributed by atoms with E-state index in [9.17, 15) is 15.0 Å². The fraction of sp³-hybridized carbons (Fsp3) is 0.517. The number of aliphatic imine (C=N–C) groups is 1. The lowest BCUT2D eigenvalue weighted by atomic mass is 10.1. The van der Waals surface area contributed by atoms with E-state index in [-0.39, 0.29) is 23.0 Å². The Bertz CT molecular complexity index is 966. The molecule has 1 amide bonds. The molecule has 7 heteroatoms. The second-order valence-corrected chi connectivity index (χ2v) is 9.48. The number of rotatable bonds is 16. The summed E-state index contributed by atoms with van der Waals surface area (Å²) in [5, 5.41) is 25.5. The van der Waals surface area contributed by atoms with Crippen molar-refractivity contribution in [3.05, 3.63) is 53.1 Å². The predicted molar refractivity (Wildman–Crippen MR) is 144 cm³/mol. The van der Waals surface area contributed by atoms with Crippen molar-refractivity contribution in [2.45, 2.75) is 71.1 Å². The maximum Gasteiger partial charge on any atom is 0.255 e. The van der Waals surface area contributed by atoms with Gasteiger partial charge in [-0.3, -0.25) is 9.79 Å². The number of phenolic OH excluding ortho intramolecular Hbond substituents is 2. The van der Waals surface area contributed by atoms with Crippen molar-refractivity contribution in [2.24, 2.45) is 4.99 Å². The van der Waals surface area contributed by atoms with E-state index >= 15 is 0 Å². The van der Waals surface area contributed by atoms with Gasteiger partial charge in [0.05, 0.1) is 18.7 Å². The van der Waals surface area contributed by atoms with Gasteiger partial charge >= 0.3 is 0 Å². The monoisotopic (exact) mass is 495 g/mol. The molecular formula is C29H41N3O4. The van der Waals surface area contributed by atoms with Crippen LogP contribution in [0.15, 0.2) is 41.4 Å². The zero-order valence-corrected chi connectivity index (χ0v) is 21.5. The van der Waals surface area contributed by atoms with Crippen molar-refractivity contribution in [1.29, 1.82) is 0 Å². The van der Waals surface area contributed by atoms with Crippen LogP contribution in [-0.2, 0) is 0 Å². The molecule has 1 heterocycles. The van der Waals surface area contributed by atoms with Gasteiger partial charge < -0.3 is 25.6 Å². The van der Waals surface area contributed by atoms with E-state index in [1.54, 1.807) is 6.92 Å². The Morgan fingerprint density at radius 2 is 1.58 bits per heavy atom. The molecule has 0 unspecified atom stereocenters. The molecule has 0 saturated carbocycles. The normalized spacial score (nSPS) is 12.8. The Balaban J connectivity index is 1.11. The van der Waals surface area contributed by atoms with Crippen LogP contribution in [0, 0.1) is 6.92 Å². The molecule has 0 spiro atoms. The van der Waals surface area contributed by atoms with E-state index in [4.69, 9.17) is 4.74 Å². The highest BCUT2D eigenvalue weighted by Crippen LogP contribution is 2.26. The first-order chi connectivity index (χ1) is 17.5. The van der Waals surface area contributed by atoms with Crippen LogP contribution in [0.1, 0.15) is 85.7 Å². The molecule has 0 fully saturated rings. The van der Waals surface area contributed by atoms with Gasteiger partial charge in [0.25, 0.3) is 5.91 Å². The van der Waals surface area contributed by atoms with Crippen molar-refractivity contribution in [1.82, 2.24) is 10.6 Å².